The summed E-state index contributed by atoms with van der Waals surface area (Å²) >= 11 is 0. The first-order valence-corrected chi connectivity index (χ1v) is 8.18. The van der Waals surface area contributed by atoms with Gasteiger partial charge in [0.1, 0.15) is 11.5 Å². The van der Waals surface area contributed by atoms with Gasteiger partial charge >= 0.3 is 0 Å². The molecule has 1 amide bonds. The van der Waals surface area contributed by atoms with Crippen molar-refractivity contribution in [3.8, 4) is 23.0 Å². The van der Waals surface area contributed by atoms with Crippen molar-refractivity contribution in [1.82, 2.24) is 4.90 Å². The molecule has 138 valence electrons. The van der Waals surface area contributed by atoms with Crippen molar-refractivity contribution < 1.29 is 23.7 Å². The molecule has 0 spiro atoms. The van der Waals surface area contributed by atoms with Crippen LogP contribution < -0.4 is 24.3 Å². The minimum Gasteiger partial charge on any atom is -0.497 e. The number of nitrogens with one attached hydrogen (secondary N) is 1. The second-order valence-electron chi connectivity index (χ2n) is 5.97. The van der Waals surface area contributed by atoms with Gasteiger partial charge in [0.2, 0.25) is 12.7 Å². The van der Waals surface area contributed by atoms with E-state index in [1.54, 1.807) is 32.4 Å². The first-order valence-electron chi connectivity index (χ1n) is 8.18. The summed E-state index contributed by atoms with van der Waals surface area (Å²) in [4.78, 5) is 14.2. The van der Waals surface area contributed by atoms with Crippen LogP contribution in [-0.2, 0) is 11.3 Å². The number of hydrogen-bond donors (Lipinski definition) is 1. The number of nitrogens with zero attached hydrogens (tertiary/aromatic N) is 1. The van der Waals surface area contributed by atoms with Gasteiger partial charge in [0.15, 0.2) is 11.5 Å². The smallest absolute Gasteiger partial charge is 0.238 e. The standard InChI is InChI=1S/C19H22N2O5/c1-21(10-13-4-6-15(23-2)9-17(13)24-3)11-19(22)20-14-5-7-16-18(8-14)26-12-25-16/h4-9H,10-12H2,1-3H3,(H,20,22). The Morgan fingerprint density at radius 2 is 1.92 bits per heavy atom. The Morgan fingerprint density at radius 1 is 1.12 bits per heavy atom. The third kappa shape index (κ3) is 4.18. The molecule has 1 aliphatic heterocycles. The SMILES string of the molecule is COc1ccc(CN(C)CC(=O)Nc2ccc3c(c2)OCO3)c(OC)c1. The molecule has 1 heterocycles. The fourth-order valence-corrected chi connectivity index (χ4v) is 2.75. The molecule has 7 nitrogen and oxygen atoms in total. The number of carbonyl (C=O) groups is 1. The van der Waals surface area contributed by atoms with Crippen LogP contribution in [0.5, 0.6) is 23.0 Å². The molecule has 1 aliphatic rings. The molecule has 0 aliphatic carbocycles. The van der Waals surface area contributed by atoms with Crippen molar-refractivity contribution in [2.45, 2.75) is 6.54 Å². The third-order valence-electron chi connectivity index (χ3n) is 4.00. The normalized spacial score (nSPS) is 12.2. The fraction of sp³-hybridized carbons (Fsp3) is 0.316. The van der Waals surface area contributed by atoms with Crippen LogP contribution in [0.3, 0.4) is 0 Å². The zero-order chi connectivity index (χ0) is 18.5. The molecule has 3 rings (SSSR count). The van der Waals surface area contributed by atoms with Crippen molar-refractivity contribution in [3.05, 3.63) is 42.0 Å². The predicted molar refractivity (Wildman–Crippen MR) is 97.1 cm³/mol. The van der Waals surface area contributed by atoms with Gasteiger partial charge in [0.25, 0.3) is 0 Å². The summed E-state index contributed by atoms with van der Waals surface area (Å²) in [6.07, 6.45) is 0. The molecule has 2 aromatic rings. The molecule has 0 saturated heterocycles. The number of benzene rings is 2. The molecule has 0 fully saturated rings. The zero-order valence-corrected chi connectivity index (χ0v) is 15.1. The lowest BCUT2D eigenvalue weighted by Gasteiger charge is -2.18. The maximum absolute atomic E-state index is 12.3. The molecule has 0 bridgehead atoms. The molecular formula is C19H22N2O5. The number of hydrogen-bond acceptors (Lipinski definition) is 6. The summed E-state index contributed by atoms with van der Waals surface area (Å²) in [7, 11) is 5.11. The fourth-order valence-electron chi connectivity index (χ4n) is 2.75. The Morgan fingerprint density at radius 3 is 2.69 bits per heavy atom. The van der Waals surface area contributed by atoms with E-state index in [-0.39, 0.29) is 19.2 Å². The molecular weight excluding hydrogens is 336 g/mol. The van der Waals surface area contributed by atoms with Crippen LogP contribution in [0.1, 0.15) is 5.56 Å². The number of methoxy groups -OCH3 is 2. The van der Waals surface area contributed by atoms with E-state index < -0.39 is 0 Å². The van der Waals surface area contributed by atoms with Gasteiger partial charge in [-0.05, 0) is 25.2 Å². The summed E-state index contributed by atoms with van der Waals surface area (Å²) in [5.74, 6) is 2.67. The summed E-state index contributed by atoms with van der Waals surface area (Å²) in [5.41, 5.74) is 1.65. The zero-order valence-electron chi connectivity index (χ0n) is 15.1. The Balaban J connectivity index is 1.57. The van der Waals surface area contributed by atoms with Crippen molar-refractivity contribution in [1.29, 1.82) is 0 Å². The largest absolute Gasteiger partial charge is 0.497 e. The van der Waals surface area contributed by atoms with Crippen LogP contribution in [0.2, 0.25) is 0 Å². The van der Waals surface area contributed by atoms with Crippen molar-refractivity contribution in [3.63, 3.8) is 0 Å². The second-order valence-corrected chi connectivity index (χ2v) is 5.97. The van der Waals surface area contributed by atoms with E-state index in [1.807, 2.05) is 30.1 Å². The maximum atomic E-state index is 12.3. The van der Waals surface area contributed by atoms with Crippen LogP contribution in [-0.4, -0.2) is 45.4 Å². The first kappa shape index (κ1) is 17.9. The van der Waals surface area contributed by atoms with Crippen LogP contribution in [0, 0.1) is 0 Å². The quantitative estimate of drug-likeness (QED) is 0.820. The van der Waals surface area contributed by atoms with Gasteiger partial charge in [0, 0.05) is 29.9 Å². The van der Waals surface area contributed by atoms with Gasteiger partial charge in [-0.3, -0.25) is 9.69 Å². The average molecular weight is 358 g/mol. The lowest BCUT2D eigenvalue weighted by atomic mass is 10.2. The Kier molecular flexibility index (Phi) is 5.48. The average Bonchev–Trinajstić information content (AvgIpc) is 3.09. The highest BCUT2D eigenvalue weighted by Gasteiger charge is 2.15. The van der Waals surface area contributed by atoms with Gasteiger partial charge in [-0.2, -0.15) is 0 Å². The lowest BCUT2D eigenvalue weighted by molar-refractivity contribution is -0.117. The summed E-state index contributed by atoms with van der Waals surface area (Å²) in [6.45, 7) is 1.02. The number of carbonyl (C=O) groups excluding carboxylic acids is 1. The molecule has 1 N–H and O–H groups in total. The Hall–Kier alpha value is -2.93. The number of amides is 1. The highest BCUT2D eigenvalue weighted by Crippen LogP contribution is 2.34. The van der Waals surface area contributed by atoms with E-state index in [0.717, 1.165) is 17.1 Å². The van der Waals surface area contributed by atoms with Crippen LogP contribution >= 0.6 is 0 Å². The topological polar surface area (TPSA) is 69.3 Å². The van der Waals surface area contributed by atoms with E-state index >= 15 is 0 Å². The van der Waals surface area contributed by atoms with Crippen molar-refractivity contribution in [2.24, 2.45) is 0 Å². The van der Waals surface area contributed by atoms with E-state index in [2.05, 4.69) is 5.32 Å². The van der Waals surface area contributed by atoms with E-state index in [0.29, 0.717) is 23.7 Å². The van der Waals surface area contributed by atoms with Gasteiger partial charge in [-0.15, -0.1) is 0 Å². The highest BCUT2D eigenvalue weighted by molar-refractivity contribution is 5.92. The molecule has 7 heteroatoms. The van der Waals surface area contributed by atoms with Gasteiger partial charge in [0.05, 0.1) is 20.8 Å². The highest BCUT2D eigenvalue weighted by atomic mass is 16.7. The molecule has 2 aromatic carbocycles. The first-order chi connectivity index (χ1) is 12.6. The Bertz CT molecular complexity index is 793. The minimum atomic E-state index is -0.112. The number of fused-ring (bicyclic) bond motifs is 1. The number of anilines is 1. The van der Waals surface area contributed by atoms with E-state index in [4.69, 9.17) is 18.9 Å². The monoisotopic (exact) mass is 358 g/mol. The van der Waals surface area contributed by atoms with Gasteiger partial charge < -0.3 is 24.3 Å². The van der Waals surface area contributed by atoms with Gasteiger partial charge in [-0.1, -0.05) is 6.07 Å². The van der Waals surface area contributed by atoms with Gasteiger partial charge in [-0.25, -0.2) is 0 Å². The van der Waals surface area contributed by atoms with E-state index in [9.17, 15) is 4.79 Å². The molecule has 0 saturated carbocycles. The minimum absolute atomic E-state index is 0.112. The van der Waals surface area contributed by atoms with Crippen molar-refractivity contribution >= 4 is 11.6 Å². The molecule has 26 heavy (non-hydrogen) atoms. The number of ether oxygens (including phenoxy) is 4. The molecule has 0 aromatic heterocycles. The lowest BCUT2D eigenvalue weighted by Crippen LogP contribution is -2.29. The van der Waals surface area contributed by atoms with Crippen LogP contribution in [0.15, 0.2) is 36.4 Å². The summed E-state index contributed by atoms with van der Waals surface area (Å²) < 4.78 is 21.2. The number of likely N-dealkylation sites (N-methyl/N-ethyl adjacent to an activating group) is 1. The maximum Gasteiger partial charge on any atom is 0.238 e. The summed E-state index contributed by atoms with van der Waals surface area (Å²) in [6, 6.07) is 11.0. The summed E-state index contributed by atoms with van der Waals surface area (Å²) in [5, 5.41) is 2.87. The van der Waals surface area contributed by atoms with E-state index in [1.165, 1.54) is 0 Å². The predicted octanol–water partition coefficient (Wildman–Crippen LogP) is 2.50. The third-order valence-corrected chi connectivity index (χ3v) is 4.00. The van der Waals surface area contributed by atoms with Crippen molar-refractivity contribution in [2.75, 3.05) is 39.9 Å². The van der Waals surface area contributed by atoms with Crippen LogP contribution in [0.25, 0.3) is 0 Å². The molecule has 0 unspecified atom stereocenters. The Labute approximate surface area is 152 Å². The second kappa shape index (κ2) is 7.97. The van der Waals surface area contributed by atoms with Crippen LogP contribution in [0.4, 0.5) is 5.69 Å². The molecule has 0 radical (unpaired) electrons. The number of rotatable bonds is 7. The molecule has 0 atom stereocenters.